The van der Waals surface area contributed by atoms with Crippen molar-refractivity contribution >= 4 is 27.0 Å². The molecule has 0 aliphatic carbocycles. The van der Waals surface area contributed by atoms with E-state index in [1.165, 1.54) is 10.4 Å². The Hall–Kier alpha value is -3.49. The summed E-state index contributed by atoms with van der Waals surface area (Å²) in [5, 5.41) is 3.07. The normalized spacial score (nSPS) is 15.4. The zero-order valence-electron chi connectivity index (χ0n) is 18.6. The van der Waals surface area contributed by atoms with Crippen molar-refractivity contribution in [1.29, 1.82) is 0 Å². The molecule has 174 valence electrons. The molecular weight excluding hydrogens is 448 g/mol. The van der Waals surface area contributed by atoms with Crippen LogP contribution in [-0.4, -0.2) is 41.7 Å². The first kappa shape index (κ1) is 22.3. The number of carbonyl (C=O) groups excluding carboxylic acids is 1. The van der Waals surface area contributed by atoms with Gasteiger partial charge < -0.3 is 10.3 Å². The Morgan fingerprint density at radius 3 is 2.47 bits per heavy atom. The zero-order chi connectivity index (χ0) is 23.5. The van der Waals surface area contributed by atoms with Crippen LogP contribution in [0.5, 0.6) is 0 Å². The van der Waals surface area contributed by atoms with Gasteiger partial charge in [-0.2, -0.15) is 4.31 Å². The molecule has 0 radical (unpaired) electrons. The minimum absolute atomic E-state index is 0.144. The monoisotopic (exact) mass is 474 g/mol. The van der Waals surface area contributed by atoms with Gasteiger partial charge in [0.15, 0.2) is 0 Å². The fraction of sp³-hybridized carbons (Fsp3) is 0.231. The Balaban J connectivity index is 1.43. The van der Waals surface area contributed by atoms with Gasteiger partial charge in [-0.15, -0.1) is 0 Å². The number of hydrogen-bond donors (Lipinski definition) is 2. The highest BCUT2D eigenvalue weighted by Crippen LogP contribution is 2.23. The van der Waals surface area contributed by atoms with Gasteiger partial charge in [0.1, 0.15) is 5.82 Å². The van der Waals surface area contributed by atoms with Crippen molar-refractivity contribution in [3.05, 3.63) is 95.8 Å². The fourth-order valence-corrected chi connectivity index (χ4v) is 5.88. The van der Waals surface area contributed by atoms with Crippen molar-refractivity contribution in [2.24, 2.45) is 0 Å². The Bertz CT molecular complexity index is 1380. The summed E-state index contributed by atoms with van der Waals surface area (Å²) in [4.78, 5) is 21.4. The number of rotatable bonds is 7. The maximum absolute atomic E-state index is 13.3. The number of carbonyl (C=O) groups is 1. The number of sulfonamides is 1. The molecule has 1 aliphatic heterocycles. The van der Waals surface area contributed by atoms with Crippen molar-refractivity contribution in [3.8, 4) is 0 Å². The van der Waals surface area contributed by atoms with Crippen LogP contribution in [0.2, 0.25) is 0 Å². The van der Waals surface area contributed by atoms with Crippen LogP contribution in [0.4, 0.5) is 0 Å². The number of para-hydroxylation sites is 2. The van der Waals surface area contributed by atoms with E-state index in [-0.39, 0.29) is 10.8 Å². The van der Waals surface area contributed by atoms with Crippen molar-refractivity contribution < 1.29 is 13.2 Å². The first-order valence-corrected chi connectivity index (χ1v) is 12.8. The van der Waals surface area contributed by atoms with Crippen molar-refractivity contribution in [3.63, 3.8) is 0 Å². The van der Waals surface area contributed by atoms with Crippen LogP contribution in [0.15, 0.2) is 83.8 Å². The number of nitrogens with zero attached hydrogens (tertiary/aromatic N) is 2. The molecule has 1 aliphatic rings. The molecule has 2 heterocycles. The Labute approximate surface area is 198 Å². The number of amides is 1. The number of aromatic nitrogens is 2. The molecule has 1 saturated heterocycles. The molecule has 0 bridgehead atoms. The summed E-state index contributed by atoms with van der Waals surface area (Å²) in [5.41, 5.74) is 3.07. The van der Waals surface area contributed by atoms with Crippen LogP contribution < -0.4 is 5.32 Å². The zero-order valence-corrected chi connectivity index (χ0v) is 19.5. The van der Waals surface area contributed by atoms with Gasteiger partial charge in [0, 0.05) is 18.7 Å². The molecule has 4 aromatic rings. The second-order valence-corrected chi connectivity index (χ2v) is 10.4. The smallest absolute Gasteiger partial charge is 0.251 e. The van der Waals surface area contributed by atoms with Crippen LogP contribution in [0.3, 0.4) is 0 Å². The van der Waals surface area contributed by atoms with Gasteiger partial charge in [0.2, 0.25) is 10.0 Å². The summed E-state index contributed by atoms with van der Waals surface area (Å²) in [6, 6.07) is 23.4. The minimum Gasteiger partial charge on any atom is -0.342 e. The van der Waals surface area contributed by atoms with Crippen LogP contribution in [0.1, 0.15) is 40.6 Å². The van der Waals surface area contributed by atoms with E-state index >= 15 is 0 Å². The minimum atomic E-state index is -3.61. The average Bonchev–Trinajstić information content (AvgIpc) is 3.55. The van der Waals surface area contributed by atoms with Gasteiger partial charge >= 0.3 is 0 Å². The van der Waals surface area contributed by atoms with Crippen LogP contribution in [0.25, 0.3) is 11.0 Å². The number of H-pyrrole nitrogens is 1. The first-order chi connectivity index (χ1) is 16.5. The van der Waals surface area contributed by atoms with E-state index < -0.39 is 16.1 Å². The Kier molecular flexibility index (Phi) is 6.17. The largest absolute Gasteiger partial charge is 0.342 e. The molecule has 0 unspecified atom stereocenters. The first-order valence-electron chi connectivity index (χ1n) is 11.4. The van der Waals surface area contributed by atoms with Gasteiger partial charge in [-0.25, -0.2) is 13.4 Å². The van der Waals surface area contributed by atoms with E-state index in [9.17, 15) is 13.2 Å². The van der Waals surface area contributed by atoms with E-state index in [4.69, 9.17) is 4.98 Å². The van der Waals surface area contributed by atoms with Crippen LogP contribution in [-0.2, 0) is 16.4 Å². The summed E-state index contributed by atoms with van der Waals surface area (Å²) in [7, 11) is -3.61. The van der Waals surface area contributed by atoms with Crippen molar-refractivity contribution in [1.82, 2.24) is 19.6 Å². The van der Waals surface area contributed by atoms with Gasteiger partial charge in [-0.05, 0) is 55.2 Å². The SMILES string of the molecule is O=C(N[C@@H](Cc1ccccc1)c1nc2ccccc2[nH]1)c1cccc(S(=O)(=O)N2CCCC2)c1. The molecule has 7 nitrogen and oxygen atoms in total. The molecule has 1 aromatic heterocycles. The van der Waals surface area contributed by atoms with Crippen LogP contribution >= 0.6 is 0 Å². The van der Waals surface area contributed by atoms with Gasteiger partial charge in [0.05, 0.1) is 22.0 Å². The van der Waals surface area contributed by atoms with Crippen molar-refractivity contribution in [2.75, 3.05) is 13.1 Å². The summed E-state index contributed by atoms with van der Waals surface area (Å²) in [5.74, 6) is 0.305. The molecule has 8 heteroatoms. The lowest BCUT2D eigenvalue weighted by molar-refractivity contribution is 0.0934. The summed E-state index contributed by atoms with van der Waals surface area (Å²) in [6.45, 7) is 1.04. The number of hydrogen-bond acceptors (Lipinski definition) is 4. The molecule has 5 rings (SSSR count). The van der Waals surface area contributed by atoms with E-state index in [2.05, 4.69) is 10.3 Å². The van der Waals surface area contributed by atoms with Gasteiger partial charge in [-0.1, -0.05) is 48.5 Å². The predicted molar refractivity (Wildman–Crippen MR) is 131 cm³/mol. The number of imidazole rings is 1. The van der Waals surface area contributed by atoms with Crippen molar-refractivity contribution in [2.45, 2.75) is 30.2 Å². The molecule has 1 fully saturated rings. The van der Waals surface area contributed by atoms with Gasteiger partial charge in [0.25, 0.3) is 5.91 Å². The Morgan fingerprint density at radius 1 is 0.971 bits per heavy atom. The molecule has 34 heavy (non-hydrogen) atoms. The second-order valence-electron chi connectivity index (χ2n) is 8.49. The molecule has 3 aromatic carbocycles. The maximum Gasteiger partial charge on any atom is 0.251 e. The third-order valence-corrected chi connectivity index (χ3v) is 8.02. The summed E-state index contributed by atoms with van der Waals surface area (Å²) in [6.07, 6.45) is 2.26. The highest BCUT2D eigenvalue weighted by molar-refractivity contribution is 7.89. The third kappa shape index (κ3) is 4.60. The average molecular weight is 475 g/mol. The molecule has 1 atom stereocenters. The molecular formula is C26H26N4O3S. The fourth-order valence-electron chi connectivity index (χ4n) is 4.32. The topological polar surface area (TPSA) is 95.2 Å². The van der Waals surface area contributed by atoms with Crippen LogP contribution in [0, 0.1) is 0 Å². The summed E-state index contributed by atoms with van der Waals surface area (Å²) < 4.78 is 27.4. The number of aromatic amines is 1. The highest BCUT2D eigenvalue weighted by atomic mass is 32.2. The molecule has 0 saturated carbocycles. The standard InChI is InChI=1S/C26H26N4O3S/c31-26(20-11-8-12-21(18-20)34(32,33)30-15-6-7-16-30)29-24(17-19-9-2-1-3-10-19)25-27-22-13-4-5-14-23(22)28-25/h1-5,8-14,18,24H,6-7,15-17H2,(H,27,28)(H,29,31)/t24-/m0/s1. The van der Waals surface area contributed by atoms with Gasteiger partial charge in [-0.3, -0.25) is 4.79 Å². The lowest BCUT2D eigenvalue weighted by Gasteiger charge is -2.18. The molecule has 2 N–H and O–H groups in total. The number of benzene rings is 3. The summed E-state index contributed by atoms with van der Waals surface area (Å²) >= 11 is 0. The van der Waals surface area contributed by atoms with E-state index in [1.807, 2.05) is 54.6 Å². The lowest BCUT2D eigenvalue weighted by Crippen LogP contribution is -2.31. The second kappa shape index (κ2) is 9.40. The third-order valence-electron chi connectivity index (χ3n) is 6.12. The number of nitrogens with one attached hydrogen (secondary N) is 2. The van der Waals surface area contributed by atoms with E-state index in [0.717, 1.165) is 29.4 Å². The Morgan fingerprint density at radius 2 is 1.71 bits per heavy atom. The lowest BCUT2D eigenvalue weighted by atomic mass is 10.0. The maximum atomic E-state index is 13.3. The van der Waals surface area contributed by atoms with E-state index in [0.29, 0.717) is 30.9 Å². The molecule has 0 spiro atoms. The molecule has 1 amide bonds. The quantitative estimate of drug-likeness (QED) is 0.422. The highest BCUT2D eigenvalue weighted by Gasteiger charge is 2.28. The number of fused-ring (bicyclic) bond motifs is 1. The van der Waals surface area contributed by atoms with E-state index in [1.54, 1.807) is 18.2 Å². The predicted octanol–water partition coefficient (Wildman–Crippen LogP) is 4.06.